The number of methoxy groups -OCH3 is 1. The zero-order chi connectivity index (χ0) is 19.2. The van der Waals surface area contributed by atoms with Crippen molar-refractivity contribution in [3.05, 3.63) is 27.0 Å². The van der Waals surface area contributed by atoms with E-state index >= 15 is 0 Å². The van der Waals surface area contributed by atoms with E-state index in [4.69, 9.17) is 9.47 Å². The van der Waals surface area contributed by atoms with E-state index < -0.39 is 22.7 Å². The molecule has 10 heteroatoms. The summed E-state index contributed by atoms with van der Waals surface area (Å²) in [6, 6.07) is 1.31. The van der Waals surface area contributed by atoms with Crippen LogP contribution in [0, 0.1) is 10.1 Å². The minimum absolute atomic E-state index is 0.0998. The number of hydrogen-bond donors (Lipinski definition) is 1. The lowest BCUT2D eigenvalue weighted by molar-refractivity contribution is -0.384. The first-order valence-corrected chi connectivity index (χ1v) is 8.34. The number of nitrogens with one attached hydrogen (secondary N) is 1. The molecule has 1 atom stereocenters. The van der Waals surface area contributed by atoms with Gasteiger partial charge in [0.15, 0.2) is 0 Å². The highest BCUT2D eigenvalue weighted by Crippen LogP contribution is 2.30. The van der Waals surface area contributed by atoms with Crippen LogP contribution in [0.15, 0.2) is 16.9 Å². The molecule has 1 aromatic heterocycles. The van der Waals surface area contributed by atoms with Crippen molar-refractivity contribution in [2.24, 2.45) is 0 Å². The van der Waals surface area contributed by atoms with Crippen LogP contribution in [0.4, 0.5) is 16.2 Å². The van der Waals surface area contributed by atoms with Gasteiger partial charge in [-0.25, -0.2) is 9.78 Å². The third-order valence-electron chi connectivity index (χ3n) is 3.10. The molecular weight excluding hydrogens is 396 g/mol. The zero-order valence-corrected chi connectivity index (χ0v) is 16.5. The topological polar surface area (TPSA) is 107 Å². The third-order valence-corrected chi connectivity index (χ3v) is 3.70. The first-order valence-electron chi connectivity index (χ1n) is 7.54. The number of ether oxygens (including phenoxy) is 2. The molecule has 0 saturated heterocycles. The highest BCUT2D eigenvalue weighted by molar-refractivity contribution is 9.10. The molecule has 0 aromatic carbocycles. The van der Waals surface area contributed by atoms with Crippen LogP contribution in [0.25, 0.3) is 0 Å². The van der Waals surface area contributed by atoms with Gasteiger partial charge in [0.25, 0.3) is 5.69 Å². The predicted molar refractivity (Wildman–Crippen MR) is 96.7 cm³/mol. The lowest BCUT2D eigenvalue weighted by Crippen LogP contribution is -2.41. The van der Waals surface area contributed by atoms with E-state index in [0.29, 0.717) is 4.60 Å². The van der Waals surface area contributed by atoms with Crippen molar-refractivity contribution in [2.45, 2.75) is 32.5 Å². The van der Waals surface area contributed by atoms with Gasteiger partial charge in [-0.15, -0.1) is 0 Å². The maximum absolute atomic E-state index is 12.0. The fraction of sp³-hybridized carbons (Fsp3) is 0.600. The lowest BCUT2D eigenvalue weighted by atomic mass is 10.2. The molecule has 0 spiro atoms. The third kappa shape index (κ3) is 6.83. The summed E-state index contributed by atoms with van der Waals surface area (Å²) in [7, 11) is 3.10. The molecule has 1 amide bonds. The summed E-state index contributed by atoms with van der Waals surface area (Å²) >= 11 is 3.19. The SMILES string of the molecule is CO[C@H](CNc1c([N+](=O)[O-])ccnc1Br)CN(C)C(=O)OC(C)(C)C. The van der Waals surface area contributed by atoms with E-state index in [1.165, 1.54) is 24.3 Å². The summed E-state index contributed by atoms with van der Waals surface area (Å²) in [6.45, 7) is 5.85. The Morgan fingerprint density at radius 2 is 2.16 bits per heavy atom. The summed E-state index contributed by atoms with van der Waals surface area (Å²) < 4.78 is 11.0. The molecule has 0 fully saturated rings. The molecule has 140 valence electrons. The van der Waals surface area contributed by atoms with Gasteiger partial charge in [-0.05, 0) is 36.7 Å². The van der Waals surface area contributed by atoms with E-state index in [-0.39, 0.29) is 24.5 Å². The highest BCUT2D eigenvalue weighted by atomic mass is 79.9. The molecule has 9 nitrogen and oxygen atoms in total. The first kappa shape index (κ1) is 21.1. The van der Waals surface area contributed by atoms with Crippen molar-refractivity contribution >= 4 is 33.4 Å². The van der Waals surface area contributed by atoms with E-state index in [9.17, 15) is 14.9 Å². The van der Waals surface area contributed by atoms with Crippen LogP contribution in [-0.2, 0) is 9.47 Å². The Morgan fingerprint density at radius 3 is 2.68 bits per heavy atom. The van der Waals surface area contributed by atoms with Gasteiger partial charge >= 0.3 is 6.09 Å². The van der Waals surface area contributed by atoms with Crippen LogP contribution in [0.1, 0.15) is 20.8 Å². The molecule has 1 heterocycles. The van der Waals surface area contributed by atoms with E-state index in [0.717, 1.165) is 0 Å². The highest BCUT2D eigenvalue weighted by Gasteiger charge is 2.23. The smallest absolute Gasteiger partial charge is 0.410 e. The number of carbonyl (C=O) groups excluding carboxylic acids is 1. The van der Waals surface area contributed by atoms with Gasteiger partial charge in [-0.1, -0.05) is 0 Å². The number of likely N-dealkylation sites (N-methyl/N-ethyl adjacent to an activating group) is 1. The maximum atomic E-state index is 12.0. The average Bonchev–Trinajstić information content (AvgIpc) is 2.50. The van der Waals surface area contributed by atoms with Crippen LogP contribution in [0.2, 0.25) is 0 Å². The number of anilines is 1. The number of rotatable bonds is 7. The standard InChI is InChI=1S/C15H23BrN4O5/c1-15(2,3)25-14(21)19(4)9-10(24-5)8-18-12-11(20(22)23)6-7-17-13(12)16/h6-7,10,18H,8-9H2,1-5H3/t10-/m1/s1. The molecule has 25 heavy (non-hydrogen) atoms. The van der Waals surface area contributed by atoms with Gasteiger partial charge in [0.05, 0.1) is 17.6 Å². The molecule has 0 radical (unpaired) electrons. The molecular formula is C15H23BrN4O5. The Balaban J connectivity index is 2.72. The van der Waals surface area contributed by atoms with Crippen molar-refractivity contribution in [1.82, 2.24) is 9.88 Å². The van der Waals surface area contributed by atoms with Crippen molar-refractivity contribution < 1.29 is 19.2 Å². The van der Waals surface area contributed by atoms with Gasteiger partial charge in [0.2, 0.25) is 0 Å². The number of amides is 1. The molecule has 1 rings (SSSR count). The molecule has 0 aliphatic carbocycles. The van der Waals surface area contributed by atoms with Gasteiger partial charge in [-0.2, -0.15) is 0 Å². The van der Waals surface area contributed by atoms with Crippen LogP contribution in [0.5, 0.6) is 0 Å². The lowest BCUT2D eigenvalue weighted by Gasteiger charge is -2.27. The zero-order valence-electron chi connectivity index (χ0n) is 14.9. The van der Waals surface area contributed by atoms with Gasteiger partial charge in [0.1, 0.15) is 15.9 Å². The molecule has 1 N–H and O–H groups in total. The minimum atomic E-state index is -0.590. The summed E-state index contributed by atoms with van der Waals surface area (Å²) in [4.78, 5) is 28.0. The molecule has 1 aromatic rings. The number of halogens is 1. The quantitative estimate of drug-likeness (QED) is 0.411. The summed E-state index contributed by atoms with van der Waals surface area (Å²) in [5.74, 6) is 0. The second-order valence-corrected chi connectivity index (χ2v) is 7.10. The minimum Gasteiger partial charge on any atom is -0.444 e. The van der Waals surface area contributed by atoms with E-state index in [1.54, 1.807) is 27.8 Å². The van der Waals surface area contributed by atoms with Crippen LogP contribution in [0.3, 0.4) is 0 Å². The summed E-state index contributed by atoms with van der Waals surface area (Å²) in [5, 5.41) is 14.1. The van der Waals surface area contributed by atoms with Crippen molar-refractivity contribution in [1.29, 1.82) is 0 Å². The number of aromatic nitrogens is 1. The Bertz CT molecular complexity index is 620. The number of carbonyl (C=O) groups is 1. The Morgan fingerprint density at radius 1 is 1.52 bits per heavy atom. The maximum Gasteiger partial charge on any atom is 0.410 e. The number of nitro groups is 1. The second kappa shape index (κ2) is 8.95. The van der Waals surface area contributed by atoms with Crippen LogP contribution in [-0.4, -0.2) is 59.9 Å². The van der Waals surface area contributed by atoms with Crippen molar-refractivity contribution in [3.63, 3.8) is 0 Å². The van der Waals surface area contributed by atoms with Crippen LogP contribution < -0.4 is 5.32 Å². The van der Waals surface area contributed by atoms with Gasteiger partial charge in [0, 0.05) is 33.0 Å². The van der Waals surface area contributed by atoms with E-state index in [2.05, 4.69) is 26.2 Å². The molecule has 0 aliphatic rings. The van der Waals surface area contributed by atoms with Crippen molar-refractivity contribution in [2.75, 3.05) is 32.6 Å². The summed E-state index contributed by atoms with van der Waals surface area (Å²) in [5.41, 5.74) is -0.431. The first-order chi connectivity index (χ1) is 11.5. The molecule has 0 saturated carbocycles. The summed E-state index contributed by atoms with van der Waals surface area (Å²) in [6.07, 6.45) is 0.476. The number of nitrogens with zero attached hydrogens (tertiary/aromatic N) is 3. The Kier molecular flexibility index (Phi) is 7.56. The van der Waals surface area contributed by atoms with E-state index in [1.807, 2.05) is 0 Å². The van der Waals surface area contributed by atoms with Gasteiger partial charge < -0.3 is 19.7 Å². The van der Waals surface area contributed by atoms with Crippen molar-refractivity contribution in [3.8, 4) is 0 Å². The molecule has 0 unspecified atom stereocenters. The molecule has 0 aliphatic heterocycles. The van der Waals surface area contributed by atoms with Gasteiger partial charge in [-0.3, -0.25) is 10.1 Å². The van der Waals surface area contributed by atoms with Crippen LogP contribution >= 0.6 is 15.9 Å². The fourth-order valence-corrected chi connectivity index (χ4v) is 2.36. The second-order valence-electron chi connectivity index (χ2n) is 6.35. The Hall–Kier alpha value is -1.94. The Labute approximate surface area is 155 Å². The predicted octanol–water partition coefficient (Wildman–Crippen LogP) is 3.05. The number of hydrogen-bond acceptors (Lipinski definition) is 7. The average molecular weight is 419 g/mol. The largest absolute Gasteiger partial charge is 0.444 e. The normalized spacial score (nSPS) is 12.4. The fourth-order valence-electron chi connectivity index (χ4n) is 1.90. The molecule has 0 bridgehead atoms. The monoisotopic (exact) mass is 418 g/mol. The number of pyridine rings is 1.